The molecule has 3 aromatic rings. The first-order chi connectivity index (χ1) is 37.0. The number of ether oxygens (including phenoxy) is 7. The van der Waals surface area contributed by atoms with E-state index in [1.807, 2.05) is 19.9 Å². The maximum Gasteiger partial charge on any atom is 0.306 e. The summed E-state index contributed by atoms with van der Waals surface area (Å²) < 4.78 is 40.0. The second-order valence-corrected chi connectivity index (χ2v) is 24.4. The molecule has 79 heavy (non-hydrogen) atoms. The van der Waals surface area contributed by atoms with E-state index in [0.717, 1.165) is 84.7 Å². The van der Waals surface area contributed by atoms with Crippen molar-refractivity contribution in [2.75, 3.05) is 46.8 Å². The second-order valence-electron chi connectivity index (χ2n) is 24.4. The Morgan fingerprint density at radius 3 is 1.77 bits per heavy atom. The van der Waals surface area contributed by atoms with Crippen molar-refractivity contribution in [2.45, 2.75) is 208 Å². The van der Waals surface area contributed by atoms with Crippen molar-refractivity contribution in [3.05, 3.63) is 68.8 Å². The van der Waals surface area contributed by atoms with Crippen LogP contribution in [-0.4, -0.2) is 119 Å². The van der Waals surface area contributed by atoms with Crippen LogP contribution in [0.4, 0.5) is 0 Å². The van der Waals surface area contributed by atoms with Gasteiger partial charge in [-0.15, -0.1) is 0 Å². The van der Waals surface area contributed by atoms with Crippen LogP contribution in [-0.2, 0) is 58.8 Å². The zero-order chi connectivity index (χ0) is 58.2. The Morgan fingerprint density at radius 1 is 0.696 bits per heavy atom. The number of aromatic amines is 2. The number of methoxy groups -OCH3 is 1. The molecule has 8 bridgehead atoms. The van der Waals surface area contributed by atoms with Crippen LogP contribution in [0, 0.1) is 13.8 Å². The Balaban J connectivity index is 1.41. The zero-order valence-corrected chi connectivity index (χ0v) is 50.1. The predicted octanol–water partition coefficient (Wildman–Crippen LogP) is 11.7. The van der Waals surface area contributed by atoms with E-state index in [2.05, 4.69) is 55.1 Å². The van der Waals surface area contributed by atoms with E-state index in [4.69, 9.17) is 43.1 Å². The first-order valence-electron chi connectivity index (χ1n) is 28.3. The fourth-order valence-electron chi connectivity index (χ4n) is 10.9. The highest BCUT2D eigenvalue weighted by atomic mass is 16.6. The number of nitrogens with zero attached hydrogens (tertiary/aromatic N) is 2. The van der Waals surface area contributed by atoms with Gasteiger partial charge in [0.05, 0.1) is 68.3 Å². The van der Waals surface area contributed by atoms with Crippen molar-refractivity contribution < 1.29 is 57.1 Å². The van der Waals surface area contributed by atoms with Crippen LogP contribution in [0.1, 0.15) is 221 Å². The number of aromatic nitrogens is 4. The molecule has 0 saturated carbocycles. The minimum absolute atomic E-state index is 0.00536. The van der Waals surface area contributed by atoms with Crippen LogP contribution in [0.25, 0.3) is 33.2 Å². The molecule has 1 unspecified atom stereocenters. The zero-order valence-electron chi connectivity index (χ0n) is 50.1. The summed E-state index contributed by atoms with van der Waals surface area (Å²) >= 11 is 0. The third-order valence-electron chi connectivity index (χ3n) is 14.7. The molecule has 3 aliphatic rings. The summed E-state index contributed by atoms with van der Waals surface area (Å²) in [6.07, 6.45) is 0.960. The van der Waals surface area contributed by atoms with Gasteiger partial charge in [-0.2, -0.15) is 0 Å². The first kappa shape index (κ1) is 62.4. The highest BCUT2D eigenvalue weighted by molar-refractivity contribution is 6.13. The lowest BCUT2D eigenvalue weighted by Crippen LogP contribution is -2.50. The molecular weight excluding hydrogens is 1010 g/mol. The number of carbonyl (C=O) groups is 5. The highest BCUT2D eigenvalue weighted by Gasteiger charge is 2.39. The van der Waals surface area contributed by atoms with E-state index in [1.165, 1.54) is 0 Å². The Bertz CT molecular complexity index is 2850. The van der Waals surface area contributed by atoms with E-state index in [1.54, 1.807) is 69.4 Å². The van der Waals surface area contributed by atoms with Crippen LogP contribution >= 0.6 is 0 Å². The maximum absolute atomic E-state index is 14.8. The van der Waals surface area contributed by atoms with Gasteiger partial charge in [0, 0.05) is 95.5 Å². The standard InChI is InChI=1S/C62H89N5O12/c1-17-41-36(2)44-35-49-55(40(6)76-31-30-75-29-28-74-27-26-73-16)38(4)46(64-49)33-45-37(3)42(57(65-45)43-32-50(68)56-39(5)47(66-58(43)56)34-48(41)63-44)18-19-51(69)67-62(23-20-52(70)77-59(7,8)9,24-21-53(71)78-60(10,11)12)25-22-54(72)79-61(13,14)15/h33-35,37,40,42,64,66H,17-32H2,1-16H3,(H,67,69)/t37-,40?,42-/m0/s1. The second kappa shape index (κ2) is 26.2. The van der Waals surface area contributed by atoms with Gasteiger partial charge in [-0.1, -0.05) is 13.8 Å². The molecule has 1 aliphatic carbocycles. The van der Waals surface area contributed by atoms with Crippen LogP contribution in [0.3, 0.4) is 0 Å². The number of allylic oxidation sites excluding steroid dienone is 2. The molecule has 17 nitrogen and oxygen atoms in total. The summed E-state index contributed by atoms with van der Waals surface area (Å²) in [5.74, 6) is -2.27. The predicted molar refractivity (Wildman–Crippen MR) is 306 cm³/mol. The van der Waals surface area contributed by atoms with E-state index in [-0.39, 0.29) is 81.0 Å². The minimum Gasteiger partial charge on any atom is -0.460 e. The molecule has 0 saturated heterocycles. The lowest BCUT2D eigenvalue weighted by Gasteiger charge is -2.36. The smallest absolute Gasteiger partial charge is 0.306 e. The molecule has 434 valence electrons. The number of carbonyl (C=O) groups excluding carboxylic acids is 5. The van der Waals surface area contributed by atoms with Gasteiger partial charge in [0.15, 0.2) is 5.78 Å². The van der Waals surface area contributed by atoms with Gasteiger partial charge in [0.25, 0.3) is 0 Å². The van der Waals surface area contributed by atoms with Crippen LogP contribution in [0.2, 0.25) is 0 Å². The van der Waals surface area contributed by atoms with E-state index in [0.29, 0.717) is 51.6 Å². The number of aryl methyl sites for hydroxylation is 2. The van der Waals surface area contributed by atoms with E-state index in [9.17, 15) is 24.0 Å². The highest BCUT2D eigenvalue weighted by Crippen LogP contribution is 2.45. The minimum atomic E-state index is -1.21. The molecule has 0 radical (unpaired) electrons. The van der Waals surface area contributed by atoms with Crippen LogP contribution in [0.5, 0.6) is 0 Å². The third-order valence-corrected chi connectivity index (χ3v) is 14.7. The summed E-state index contributed by atoms with van der Waals surface area (Å²) in [5, 5.41) is 3.26. The van der Waals surface area contributed by atoms with Crippen molar-refractivity contribution in [1.82, 2.24) is 25.3 Å². The topological polar surface area (TPSA) is 219 Å². The first-order valence-corrected chi connectivity index (χ1v) is 28.3. The SMILES string of the molecule is CCC1=C(C)c2cc3[nH]c(cc4nc(c5c6[nH]c(cc1n2)c(C)c6C(=O)C5)[C@@H](CCC(=O)NC(CCC(=O)OC(C)(C)C)(CCC(=O)OC(C)(C)C)CCC(=O)OC(C)(C)C)[C@@H]4C)c(C)c3C(C)OCCOCCOCCOC. The number of H-pyrrole nitrogens is 2. The number of esters is 3. The lowest BCUT2D eigenvalue weighted by atomic mass is 9.82. The molecule has 2 aliphatic heterocycles. The van der Waals surface area contributed by atoms with Gasteiger partial charge in [0.2, 0.25) is 5.91 Å². The van der Waals surface area contributed by atoms with Gasteiger partial charge in [-0.25, -0.2) is 4.98 Å². The van der Waals surface area contributed by atoms with Crippen LogP contribution < -0.4 is 5.32 Å². The Labute approximate surface area is 467 Å². The molecule has 0 aromatic carbocycles. The fraction of sp³-hybridized carbons (Fsp3) is 0.629. The lowest BCUT2D eigenvalue weighted by molar-refractivity contribution is -0.155. The summed E-state index contributed by atoms with van der Waals surface area (Å²) in [6, 6.07) is 6.21. The normalized spacial score (nSPS) is 16.1. The third kappa shape index (κ3) is 16.7. The number of fused-ring (bicyclic) bond motifs is 8. The molecule has 3 aromatic heterocycles. The molecule has 3 N–H and O–H groups in total. The van der Waals surface area contributed by atoms with Gasteiger partial charge < -0.3 is 48.4 Å². The number of rotatable bonds is 25. The summed E-state index contributed by atoms with van der Waals surface area (Å²) in [6.45, 7) is 31.1. The largest absolute Gasteiger partial charge is 0.460 e. The van der Waals surface area contributed by atoms with Crippen LogP contribution in [0.15, 0.2) is 18.2 Å². The van der Waals surface area contributed by atoms with Crippen molar-refractivity contribution in [2.24, 2.45) is 0 Å². The Morgan fingerprint density at radius 2 is 1.23 bits per heavy atom. The average molecular weight is 1100 g/mol. The van der Waals surface area contributed by atoms with Gasteiger partial charge in [-0.05, 0) is 163 Å². The van der Waals surface area contributed by atoms with Gasteiger partial charge >= 0.3 is 17.9 Å². The monoisotopic (exact) mass is 1100 g/mol. The van der Waals surface area contributed by atoms with Gasteiger partial charge in [-0.3, -0.25) is 29.0 Å². The Kier molecular flexibility index (Phi) is 20.7. The molecular formula is C62H89N5O12. The van der Waals surface area contributed by atoms with Crippen molar-refractivity contribution in [3.8, 4) is 0 Å². The Hall–Kier alpha value is -5.75. The summed E-state index contributed by atoms with van der Waals surface area (Å²) in [4.78, 5) is 87.0. The molecule has 6 rings (SSSR count). The van der Waals surface area contributed by atoms with E-state index < -0.39 is 40.2 Å². The number of hydrogen-bond acceptors (Lipinski definition) is 14. The van der Waals surface area contributed by atoms with Crippen molar-refractivity contribution in [3.63, 3.8) is 0 Å². The van der Waals surface area contributed by atoms with E-state index >= 15 is 0 Å². The number of nitrogens with one attached hydrogen (secondary N) is 3. The molecule has 17 heteroatoms. The average Bonchev–Trinajstić information content (AvgIpc) is 4.27. The molecule has 5 heterocycles. The van der Waals surface area contributed by atoms with Crippen molar-refractivity contribution in [1.29, 1.82) is 0 Å². The maximum atomic E-state index is 14.8. The number of hydrogen-bond donors (Lipinski definition) is 3. The molecule has 0 spiro atoms. The van der Waals surface area contributed by atoms with Gasteiger partial charge in [0.1, 0.15) is 16.8 Å². The summed E-state index contributed by atoms with van der Waals surface area (Å²) in [7, 11) is 1.64. The number of Topliss-reactive ketones (excluding diaryl/α,β-unsaturated/α-hetero) is 1. The fourth-order valence-corrected chi connectivity index (χ4v) is 10.9. The summed E-state index contributed by atoms with van der Waals surface area (Å²) in [5.41, 5.74) is 9.35. The van der Waals surface area contributed by atoms with Crippen molar-refractivity contribution >= 4 is 62.8 Å². The quantitative estimate of drug-likeness (QED) is 0.0408. The number of ketones is 1. The number of amides is 1. The molecule has 3 atom stereocenters. The molecule has 1 amide bonds. The molecule has 0 fully saturated rings.